The molecule has 3 heterocycles. The maximum atomic E-state index is 14.8. The van der Waals surface area contributed by atoms with Crippen molar-refractivity contribution in [3.63, 3.8) is 0 Å². The van der Waals surface area contributed by atoms with Gasteiger partial charge in [-0.05, 0) is 40.8 Å². The smallest absolute Gasteiger partial charge is 0.301 e. The molecule has 1 unspecified atom stereocenters. The van der Waals surface area contributed by atoms with Crippen molar-refractivity contribution in [3.05, 3.63) is 69.4 Å². The Morgan fingerprint density at radius 1 is 1.23 bits per heavy atom. The van der Waals surface area contributed by atoms with E-state index in [1.807, 2.05) is 12.1 Å². The summed E-state index contributed by atoms with van der Waals surface area (Å²) < 4.78 is 59.8. The Morgan fingerprint density at radius 3 is 2.71 bits per heavy atom. The van der Waals surface area contributed by atoms with Gasteiger partial charge in [0.15, 0.2) is 5.52 Å². The molecule has 0 bridgehead atoms. The van der Waals surface area contributed by atoms with Crippen LogP contribution < -0.4 is 14.8 Å². The fourth-order valence-corrected chi connectivity index (χ4v) is 5.76. The summed E-state index contributed by atoms with van der Waals surface area (Å²) in [5, 5.41) is 16.8. The lowest BCUT2D eigenvalue weighted by molar-refractivity contribution is -0.588. The topological polar surface area (TPSA) is 84.2 Å². The molecular weight excluding hydrogens is 479 g/mol. The summed E-state index contributed by atoms with van der Waals surface area (Å²) in [5.41, 5.74) is 2.44. The van der Waals surface area contributed by atoms with Crippen LogP contribution in [0.15, 0.2) is 30.3 Å². The lowest BCUT2D eigenvalue weighted by atomic mass is 9.95. The SMILES string of the molecule is Cc1nc(N[C@H](C)c2cccc(C(F)F)c2F)c2cc(C3=CC[S+]([O-])CC3)c3c(c2[n+]1[O-])CCO3. The predicted octanol–water partition coefficient (Wildman–Crippen LogP) is 4.90. The molecule has 0 saturated carbocycles. The fraction of sp³-hybridized carbons (Fsp3) is 0.360. The molecule has 35 heavy (non-hydrogen) atoms. The first-order valence-electron chi connectivity index (χ1n) is 11.4. The minimum Gasteiger partial charge on any atom is -0.710 e. The summed E-state index contributed by atoms with van der Waals surface area (Å²) in [5.74, 6) is 1.25. The lowest BCUT2D eigenvalue weighted by Crippen LogP contribution is -2.34. The zero-order chi connectivity index (χ0) is 24.9. The maximum Gasteiger partial charge on any atom is 0.301 e. The Bertz CT molecular complexity index is 1350. The van der Waals surface area contributed by atoms with Gasteiger partial charge in [0.2, 0.25) is 0 Å². The number of benzene rings is 2. The number of halogens is 3. The van der Waals surface area contributed by atoms with E-state index in [1.165, 1.54) is 12.1 Å². The number of rotatable bonds is 5. The molecule has 0 radical (unpaired) electrons. The molecule has 3 aromatic rings. The van der Waals surface area contributed by atoms with Crippen LogP contribution in [-0.4, -0.2) is 27.6 Å². The Hall–Kier alpha value is -2.98. The Balaban J connectivity index is 1.65. The van der Waals surface area contributed by atoms with Crippen LogP contribution >= 0.6 is 0 Å². The van der Waals surface area contributed by atoms with Gasteiger partial charge in [0.25, 0.3) is 12.2 Å². The molecule has 6 nitrogen and oxygen atoms in total. The number of anilines is 1. The second kappa shape index (κ2) is 9.23. The average Bonchev–Trinajstić information content (AvgIpc) is 3.32. The Labute approximate surface area is 203 Å². The van der Waals surface area contributed by atoms with Gasteiger partial charge in [-0.25, -0.2) is 17.9 Å². The van der Waals surface area contributed by atoms with Gasteiger partial charge in [0.1, 0.15) is 23.1 Å². The van der Waals surface area contributed by atoms with Crippen LogP contribution in [0.2, 0.25) is 0 Å². The van der Waals surface area contributed by atoms with Gasteiger partial charge in [-0.1, -0.05) is 18.2 Å². The third-order valence-corrected chi connectivity index (χ3v) is 7.74. The van der Waals surface area contributed by atoms with Crippen molar-refractivity contribution < 1.29 is 27.2 Å². The first-order chi connectivity index (χ1) is 16.8. The molecule has 1 N–H and O–H groups in total. The molecule has 2 aliphatic rings. The summed E-state index contributed by atoms with van der Waals surface area (Å²) >= 11 is -0.893. The molecule has 1 aromatic heterocycles. The van der Waals surface area contributed by atoms with Crippen molar-refractivity contribution in [2.75, 3.05) is 23.4 Å². The number of hydrogen-bond donors (Lipinski definition) is 1. The van der Waals surface area contributed by atoms with E-state index in [0.29, 0.717) is 53.4 Å². The monoisotopic (exact) mass is 503 g/mol. The van der Waals surface area contributed by atoms with Crippen molar-refractivity contribution in [3.8, 4) is 5.75 Å². The predicted molar refractivity (Wildman–Crippen MR) is 129 cm³/mol. The summed E-state index contributed by atoms with van der Waals surface area (Å²) in [7, 11) is 0. The van der Waals surface area contributed by atoms with Crippen molar-refractivity contribution in [2.24, 2.45) is 0 Å². The van der Waals surface area contributed by atoms with Crippen LogP contribution in [0.3, 0.4) is 0 Å². The van der Waals surface area contributed by atoms with E-state index < -0.39 is 35.0 Å². The molecule has 0 aliphatic carbocycles. The highest BCUT2D eigenvalue weighted by Gasteiger charge is 2.30. The number of nitrogens with one attached hydrogen (secondary N) is 1. The number of alkyl halides is 2. The van der Waals surface area contributed by atoms with E-state index >= 15 is 0 Å². The molecule has 0 amide bonds. The van der Waals surface area contributed by atoms with Crippen LogP contribution in [0.5, 0.6) is 5.75 Å². The molecular formula is C25H24F3N3O3S. The van der Waals surface area contributed by atoms with Gasteiger partial charge in [0.05, 0.1) is 23.6 Å². The molecule has 2 aliphatic heterocycles. The highest BCUT2D eigenvalue weighted by atomic mass is 32.2. The van der Waals surface area contributed by atoms with E-state index in [-0.39, 0.29) is 11.4 Å². The Kier molecular flexibility index (Phi) is 6.27. The van der Waals surface area contributed by atoms with Crippen molar-refractivity contribution in [2.45, 2.75) is 39.2 Å². The number of nitrogens with zero attached hydrogens (tertiary/aromatic N) is 2. The fourth-order valence-electron chi connectivity index (χ4n) is 4.75. The molecule has 0 fully saturated rings. The van der Waals surface area contributed by atoms with Crippen LogP contribution in [0.4, 0.5) is 19.0 Å². The van der Waals surface area contributed by atoms with E-state index in [2.05, 4.69) is 10.3 Å². The quantitative estimate of drug-likeness (QED) is 0.304. The third kappa shape index (κ3) is 4.18. The van der Waals surface area contributed by atoms with Gasteiger partial charge in [-0.2, -0.15) is 0 Å². The highest BCUT2D eigenvalue weighted by Crippen LogP contribution is 2.42. The first kappa shape index (κ1) is 23.7. The number of hydrogen-bond acceptors (Lipinski definition) is 5. The molecule has 5 rings (SSSR count). The molecule has 0 spiro atoms. The van der Waals surface area contributed by atoms with Gasteiger partial charge >= 0.3 is 5.82 Å². The van der Waals surface area contributed by atoms with Gasteiger partial charge in [-0.15, -0.1) is 0 Å². The highest BCUT2D eigenvalue weighted by molar-refractivity contribution is 7.91. The molecule has 10 heteroatoms. The summed E-state index contributed by atoms with van der Waals surface area (Å²) in [6.45, 7) is 3.67. The zero-order valence-electron chi connectivity index (χ0n) is 19.2. The lowest BCUT2D eigenvalue weighted by Gasteiger charge is -2.21. The number of aryl methyl sites for hydroxylation is 1. The third-order valence-electron chi connectivity index (χ3n) is 6.55. The normalized spacial score (nSPS) is 18.4. The van der Waals surface area contributed by atoms with Crippen LogP contribution in [0, 0.1) is 17.9 Å². The average molecular weight is 504 g/mol. The summed E-state index contributed by atoms with van der Waals surface area (Å²) in [6.07, 6.45) is 0.180. The standard InChI is InChI=1S/C25H24F3N3O3S/c1-13(16-4-3-5-17(21(16)26)24(27)28)29-25-20-12-19(15-7-10-35(33)11-8-15)23-18(6-9-34-23)22(20)31(32)14(2)30-25/h3-5,7,12-13,24H,6,8-11H2,1-2H3,(H,29,30)/t13-,35?/m1/s1. The van der Waals surface area contributed by atoms with Crippen molar-refractivity contribution in [1.29, 1.82) is 0 Å². The van der Waals surface area contributed by atoms with Crippen LogP contribution in [-0.2, 0) is 17.6 Å². The van der Waals surface area contributed by atoms with Crippen LogP contribution in [0.25, 0.3) is 16.5 Å². The zero-order valence-corrected chi connectivity index (χ0v) is 20.1. The molecule has 2 aromatic carbocycles. The summed E-state index contributed by atoms with van der Waals surface area (Å²) in [6, 6.07) is 5.05. The molecule has 2 atom stereocenters. The summed E-state index contributed by atoms with van der Waals surface area (Å²) in [4.78, 5) is 4.44. The Morgan fingerprint density at radius 2 is 2.00 bits per heavy atom. The van der Waals surface area contributed by atoms with E-state index in [9.17, 15) is 22.9 Å². The first-order valence-corrected chi connectivity index (χ1v) is 12.8. The van der Waals surface area contributed by atoms with Crippen molar-refractivity contribution in [1.82, 2.24) is 4.98 Å². The van der Waals surface area contributed by atoms with E-state index in [0.717, 1.165) is 27.5 Å². The number of fused-ring (bicyclic) bond motifs is 3. The minimum atomic E-state index is -2.93. The van der Waals surface area contributed by atoms with E-state index in [1.54, 1.807) is 13.8 Å². The van der Waals surface area contributed by atoms with Gasteiger partial charge in [0, 0.05) is 36.5 Å². The van der Waals surface area contributed by atoms with E-state index in [4.69, 9.17) is 4.74 Å². The number of aromatic nitrogens is 2. The van der Waals surface area contributed by atoms with Gasteiger partial charge < -0.3 is 19.8 Å². The minimum absolute atomic E-state index is 0.0800. The van der Waals surface area contributed by atoms with Crippen molar-refractivity contribution >= 4 is 33.5 Å². The largest absolute Gasteiger partial charge is 0.710 e. The van der Waals surface area contributed by atoms with Gasteiger partial charge in [-0.3, -0.25) is 0 Å². The number of allylic oxidation sites excluding steroid dienone is 1. The molecule has 184 valence electrons. The second-order valence-electron chi connectivity index (χ2n) is 8.74. The maximum absolute atomic E-state index is 14.8. The number of ether oxygens (including phenoxy) is 1. The second-order valence-corrected chi connectivity index (χ2v) is 10.4. The van der Waals surface area contributed by atoms with Crippen LogP contribution in [0.1, 0.15) is 53.9 Å². The molecule has 0 saturated heterocycles.